The Morgan fingerprint density at radius 1 is 1.38 bits per heavy atom. The third kappa shape index (κ3) is 4.66. The quantitative estimate of drug-likeness (QED) is 0.481. The lowest BCUT2D eigenvalue weighted by molar-refractivity contribution is 0.136. The van der Waals surface area contributed by atoms with Gasteiger partial charge in [0.1, 0.15) is 11.9 Å². The maximum Gasteiger partial charge on any atom is 0.408 e. The van der Waals surface area contributed by atoms with Gasteiger partial charge < -0.3 is 14.6 Å². The van der Waals surface area contributed by atoms with Crippen molar-refractivity contribution in [2.45, 2.75) is 39.1 Å². The van der Waals surface area contributed by atoms with Crippen molar-refractivity contribution in [2.24, 2.45) is 5.92 Å². The number of hydrogen-bond acceptors (Lipinski definition) is 4. The van der Waals surface area contributed by atoms with Gasteiger partial charge in [0, 0.05) is 12.1 Å². The molecule has 1 aromatic rings. The molecule has 3 unspecified atom stereocenters. The van der Waals surface area contributed by atoms with Gasteiger partial charge in [0.2, 0.25) is 7.37 Å². The molecule has 1 amide bonds. The topological polar surface area (TPSA) is 64.6 Å². The molecule has 0 bridgehead atoms. The average molecular weight is 377 g/mol. The summed E-state index contributed by atoms with van der Waals surface area (Å²) in [6.45, 7) is 9.99. The molecule has 2 rings (SSSR count). The summed E-state index contributed by atoms with van der Waals surface area (Å²) in [5.41, 5.74) is 1.95. The molecular formula is C20H28NO4P. The number of rotatable bonds is 9. The van der Waals surface area contributed by atoms with Gasteiger partial charge in [0.25, 0.3) is 0 Å². The molecule has 0 heterocycles. The lowest BCUT2D eigenvalue weighted by atomic mass is 10.2. The van der Waals surface area contributed by atoms with Gasteiger partial charge in [0.15, 0.2) is 0 Å². The zero-order chi connectivity index (χ0) is 19.2. The Morgan fingerprint density at radius 2 is 2.08 bits per heavy atom. The van der Waals surface area contributed by atoms with E-state index < -0.39 is 18.7 Å². The molecule has 1 aromatic carbocycles. The molecule has 0 radical (unpaired) electrons. The lowest BCUT2D eigenvalue weighted by Gasteiger charge is -2.28. The minimum atomic E-state index is -3.15. The van der Waals surface area contributed by atoms with E-state index in [-0.39, 0.29) is 18.7 Å². The molecule has 142 valence electrons. The first-order chi connectivity index (χ1) is 12.4. The molecule has 0 spiro atoms. The van der Waals surface area contributed by atoms with E-state index in [9.17, 15) is 9.36 Å². The third-order valence-electron chi connectivity index (χ3n) is 4.49. The Hall–Kier alpha value is -1.84. The van der Waals surface area contributed by atoms with Gasteiger partial charge in [-0.15, -0.1) is 6.58 Å². The van der Waals surface area contributed by atoms with Crippen LogP contribution in [-0.2, 0) is 20.4 Å². The summed E-state index contributed by atoms with van der Waals surface area (Å²) in [4.78, 5) is 12.4. The van der Waals surface area contributed by atoms with E-state index in [0.717, 1.165) is 11.1 Å². The molecule has 0 saturated heterocycles. The monoisotopic (exact) mass is 377 g/mol. The normalized spacial score (nSPS) is 23.4. The number of hydrogen-bond donors (Lipinski definition) is 1. The first kappa shape index (κ1) is 20.5. The lowest BCUT2D eigenvalue weighted by Crippen LogP contribution is -2.39. The van der Waals surface area contributed by atoms with Crippen molar-refractivity contribution in [3.05, 3.63) is 60.2 Å². The van der Waals surface area contributed by atoms with Gasteiger partial charge in [-0.25, -0.2) is 4.79 Å². The molecule has 1 fully saturated rings. The number of benzene rings is 1. The van der Waals surface area contributed by atoms with Crippen LogP contribution in [0.4, 0.5) is 4.79 Å². The predicted molar refractivity (Wildman–Crippen MR) is 104 cm³/mol. The fraction of sp³-hybridized carbons (Fsp3) is 0.450. The second kappa shape index (κ2) is 8.70. The van der Waals surface area contributed by atoms with Crippen molar-refractivity contribution in [1.29, 1.82) is 0 Å². The van der Waals surface area contributed by atoms with Gasteiger partial charge >= 0.3 is 6.09 Å². The predicted octanol–water partition coefficient (Wildman–Crippen LogP) is 5.10. The molecule has 3 atom stereocenters. The number of alkyl carbamates (subject to hydrolysis) is 1. The Bertz CT molecular complexity index is 712. The summed E-state index contributed by atoms with van der Waals surface area (Å²) in [5, 5.41) is 1.91. The summed E-state index contributed by atoms with van der Waals surface area (Å²) < 4.78 is 24.6. The van der Waals surface area contributed by atoms with Crippen LogP contribution in [-0.4, -0.2) is 24.1 Å². The minimum absolute atomic E-state index is 0.0882. The fourth-order valence-corrected chi connectivity index (χ4v) is 5.98. The Kier molecular flexibility index (Phi) is 6.85. The van der Waals surface area contributed by atoms with E-state index in [1.807, 2.05) is 57.2 Å². The van der Waals surface area contributed by atoms with Gasteiger partial charge in [-0.3, -0.25) is 4.57 Å². The van der Waals surface area contributed by atoms with Crippen molar-refractivity contribution in [2.75, 3.05) is 12.8 Å². The molecule has 1 aliphatic rings. The van der Waals surface area contributed by atoms with Gasteiger partial charge in [-0.05, 0) is 32.8 Å². The summed E-state index contributed by atoms with van der Waals surface area (Å²) in [6.07, 6.45) is 3.87. The van der Waals surface area contributed by atoms with E-state index in [1.165, 1.54) is 0 Å². The van der Waals surface area contributed by atoms with Crippen LogP contribution >= 0.6 is 7.37 Å². The SMILES string of the molecule is C=CC1CC1(NC(=O)OCc1ccccc1)P(=O)(CC=C(C)C)OCC. The van der Waals surface area contributed by atoms with Crippen LogP contribution < -0.4 is 5.32 Å². The van der Waals surface area contributed by atoms with Crippen LogP contribution in [0.15, 0.2) is 54.6 Å². The van der Waals surface area contributed by atoms with E-state index in [0.29, 0.717) is 13.0 Å². The van der Waals surface area contributed by atoms with Gasteiger partial charge in [-0.1, -0.05) is 48.1 Å². The molecule has 6 heteroatoms. The standard InChI is InChI=1S/C20H28NO4P/c1-5-18-14-20(18,26(23,25-6-2)13-12-16(3)4)21-19(22)24-15-17-10-8-7-9-11-17/h5,7-12,18H,1,6,13-15H2,2-4H3,(H,21,22). The summed E-state index contributed by atoms with van der Waals surface area (Å²) in [7, 11) is -3.15. The highest BCUT2D eigenvalue weighted by molar-refractivity contribution is 7.61. The van der Waals surface area contributed by atoms with Crippen molar-refractivity contribution < 1.29 is 18.6 Å². The zero-order valence-electron chi connectivity index (χ0n) is 15.7. The van der Waals surface area contributed by atoms with E-state index in [4.69, 9.17) is 9.26 Å². The Morgan fingerprint density at radius 3 is 2.62 bits per heavy atom. The van der Waals surface area contributed by atoms with Gasteiger partial charge in [-0.2, -0.15) is 0 Å². The number of carbonyl (C=O) groups excluding carboxylic acids is 1. The number of ether oxygens (including phenoxy) is 1. The zero-order valence-corrected chi connectivity index (χ0v) is 16.6. The van der Waals surface area contributed by atoms with E-state index in [2.05, 4.69) is 11.9 Å². The molecular weight excluding hydrogens is 349 g/mol. The number of amides is 1. The fourth-order valence-electron chi connectivity index (χ4n) is 2.95. The maximum atomic E-state index is 13.6. The van der Waals surface area contributed by atoms with Crippen molar-refractivity contribution >= 4 is 13.5 Å². The van der Waals surface area contributed by atoms with Crippen LogP contribution in [0.2, 0.25) is 0 Å². The average Bonchev–Trinajstić information content (AvgIpc) is 3.34. The summed E-state index contributed by atoms with van der Waals surface area (Å²) in [6, 6.07) is 9.43. The van der Waals surface area contributed by atoms with E-state index in [1.54, 1.807) is 6.08 Å². The summed E-state index contributed by atoms with van der Waals surface area (Å²) >= 11 is 0. The maximum absolute atomic E-state index is 13.6. The molecule has 5 nitrogen and oxygen atoms in total. The van der Waals surface area contributed by atoms with Crippen LogP contribution in [0, 0.1) is 5.92 Å². The highest BCUT2D eigenvalue weighted by Crippen LogP contribution is 2.72. The molecule has 1 N–H and O–H groups in total. The van der Waals surface area contributed by atoms with Crippen LogP contribution in [0.25, 0.3) is 0 Å². The van der Waals surface area contributed by atoms with Crippen LogP contribution in [0.5, 0.6) is 0 Å². The van der Waals surface area contributed by atoms with Crippen molar-refractivity contribution in [3.63, 3.8) is 0 Å². The van der Waals surface area contributed by atoms with E-state index >= 15 is 0 Å². The van der Waals surface area contributed by atoms with Crippen LogP contribution in [0.1, 0.15) is 32.8 Å². The molecule has 0 aromatic heterocycles. The highest BCUT2D eigenvalue weighted by Gasteiger charge is 2.66. The first-order valence-corrected chi connectivity index (χ1v) is 10.7. The number of allylic oxidation sites excluding steroid dienone is 2. The largest absolute Gasteiger partial charge is 0.445 e. The number of carbonyl (C=O) groups is 1. The molecule has 1 aliphatic carbocycles. The number of nitrogens with one attached hydrogen (secondary N) is 1. The third-order valence-corrected chi connectivity index (χ3v) is 7.67. The minimum Gasteiger partial charge on any atom is -0.445 e. The molecule has 0 aliphatic heterocycles. The Balaban J connectivity index is 2.12. The smallest absolute Gasteiger partial charge is 0.408 e. The first-order valence-electron chi connectivity index (χ1n) is 8.85. The van der Waals surface area contributed by atoms with Gasteiger partial charge in [0.05, 0.1) is 6.61 Å². The second-order valence-electron chi connectivity index (χ2n) is 6.71. The Labute approximate surface area is 155 Å². The molecule has 26 heavy (non-hydrogen) atoms. The molecule has 1 saturated carbocycles. The van der Waals surface area contributed by atoms with Crippen LogP contribution in [0.3, 0.4) is 0 Å². The highest BCUT2D eigenvalue weighted by atomic mass is 31.2. The van der Waals surface area contributed by atoms with Crippen molar-refractivity contribution in [3.8, 4) is 0 Å². The summed E-state index contributed by atoms with van der Waals surface area (Å²) in [5.74, 6) is -0.0882. The second-order valence-corrected chi connectivity index (χ2v) is 9.48. The van der Waals surface area contributed by atoms with Crippen molar-refractivity contribution in [1.82, 2.24) is 5.32 Å².